The van der Waals surface area contributed by atoms with Crippen molar-refractivity contribution in [1.29, 1.82) is 0 Å². The van der Waals surface area contributed by atoms with Gasteiger partial charge >= 0.3 is 0 Å². The van der Waals surface area contributed by atoms with Crippen LogP contribution in [0, 0.1) is 0 Å². The van der Waals surface area contributed by atoms with Gasteiger partial charge < -0.3 is 4.42 Å². The Labute approximate surface area is 294 Å². The molecule has 0 fully saturated rings. The molecule has 0 amide bonds. The smallest absolute Gasteiger partial charge is 0.164 e. The number of aromatic nitrogens is 3. The van der Waals surface area contributed by atoms with Crippen molar-refractivity contribution in [2.75, 3.05) is 0 Å². The van der Waals surface area contributed by atoms with Crippen LogP contribution < -0.4 is 0 Å². The summed E-state index contributed by atoms with van der Waals surface area (Å²) in [5.41, 5.74) is 9.11. The Bertz CT molecular complexity index is 2860. The first-order valence-electron chi connectivity index (χ1n) is 17.1. The van der Waals surface area contributed by atoms with Gasteiger partial charge in [0.2, 0.25) is 0 Å². The molecule has 8 aromatic carbocycles. The van der Waals surface area contributed by atoms with E-state index in [4.69, 9.17) is 19.4 Å². The maximum absolute atomic E-state index is 6.55. The minimum absolute atomic E-state index is 0.639. The highest BCUT2D eigenvalue weighted by molar-refractivity contribution is 6.09. The SMILES string of the molecule is c1ccc(-c2nc(-c3ccccc3)nc(-c3ccc(-c4ccc5c(c4)oc4cc(-c6ccc7ccccc7c6)ccc45)c4ccccc34)n2)cc1. The van der Waals surface area contributed by atoms with Gasteiger partial charge in [0, 0.05) is 27.5 Å². The van der Waals surface area contributed by atoms with Crippen LogP contribution in [0.3, 0.4) is 0 Å². The van der Waals surface area contributed by atoms with Crippen molar-refractivity contribution in [2.45, 2.75) is 0 Å². The average molecular weight is 652 g/mol. The summed E-state index contributed by atoms with van der Waals surface area (Å²) in [6.45, 7) is 0. The molecular formula is C47H29N3O. The Morgan fingerprint density at radius 3 is 1.47 bits per heavy atom. The van der Waals surface area contributed by atoms with Crippen molar-refractivity contribution in [2.24, 2.45) is 0 Å². The van der Waals surface area contributed by atoms with Crippen LogP contribution in [0.5, 0.6) is 0 Å². The number of fused-ring (bicyclic) bond motifs is 5. The van der Waals surface area contributed by atoms with Crippen LogP contribution in [-0.2, 0) is 0 Å². The van der Waals surface area contributed by atoms with Gasteiger partial charge in [0.1, 0.15) is 11.2 Å². The van der Waals surface area contributed by atoms with Gasteiger partial charge in [0.25, 0.3) is 0 Å². The predicted octanol–water partition coefficient (Wildman–Crippen LogP) is 12.4. The molecule has 2 heterocycles. The fourth-order valence-electron chi connectivity index (χ4n) is 7.17. The third kappa shape index (κ3) is 5.13. The van der Waals surface area contributed by atoms with Gasteiger partial charge in [-0.3, -0.25) is 0 Å². The summed E-state index contributed by atoms with van der Waals surface area (Å²) in [4.78, 5) is 14.9. The molecule has 0 aliphatic rings. The zero-order valence-electron chi connectivity index (χ0n) is 27.5. The number of furan rings is 1. The Kier molecular flexibility index (Phi) is 6.78. The number of hydrogen-bond acceptors (Lipinski definition) is 4. The van der Waals surface area contributed by atoms with Crippen LogP contribution in [-0.4, -0.2) is 15.0 Å². The van der Waals surface area contributed by atoms with Gasteiger partial charge in [-0.15, -0.1) is 0 Å². The Morgan fingerprint density at radius 2 is 0.784 bits per heavy atom. The van der Waals surface area contributed by atoms with E-state index in [1.165, 1.54) is 16.3 Å². The summed E-state index contributed by atoms with van der Waals surface area (Å²) in [6, 6.07) is 61.1. The highest BCUT2D eigenvalue weighted by Gasteiger charge is 2.17. The highest BCUT2D eigenvalue weighted by Crippen LogP contribution is 2.39. The van der Waals surface area contributed by atoms with E-state index in [-0.39, 0.29) is 0 Å². The van der Waals surface area contributed by atoms with Crippen molar-refractivity contribution in [1.82, 2.24) is 15.0 Å². The van der Waals surface area contributed by atoms with E-state index in [9.17, 15) is 0 Å². The first-order chi connectivity index (χ1) is 25.2. The van der Waals surface area contributed by atoms with Crippen LogP contribution in [0.2, 0.25) is 0 Å². The minimum Gasteiger partial charge on any atom is -0.456 e. The van der Waals surface area contributed by atoms with Gasteiger partial charge in [0.15, 0.2) is 17.5 Å². The molecule has 4 nitrogen and oxygen atoms in total. The van der Waals surface area contributed by atoms with E-state index < -0.39 is 0 Å². The van der Waals surface area contributed by atoms with Crippen LogP contribution in [0.1, 0.15) is 0 Å². The molecular weight excluding hydrogens is 623 g/mol. The van der Waals surface area contributed by atoms with Gasteiger partial charge in [-0.2, -0.15) is 0 Å². The Morgan fingerprint density at radius 1 is 0.294 bits per heavy atom. The maximum atomic E-state index is 6.55. The fraction of sp³-hybridized carbons (Fsp3) is 0. The minimum atomic E-state index is 0.639. The van der Waals surface area contributed by atoms with E-state index >= 15 is 0 Å². The molecule has 0 aliphatic carbocycles. The van der Waals surface area contributed by atoms with E-state index in [0.29, 0.717) is 17.5 Å². The Hall–Kier alpha value is -6.91. The zero-order chi connectivity index (χ0) is 33.7. The summed E-state index contributed by atoms with van der Waals surface area (Å²) in [5, 5.41) is 6.87. The summed E-state index contributed by atoms with van der Waals surface area (Å²) in [5.74, 6) is 1.93. The normalized spacial score (nSPS) is 11.5. The summed E-state index contributed by atoms with van der Waals surface area (Å²) < 4.78 is 6.55. The molecule has 0 spiro atoms. The molecule has 4 heteroatoms. The maximum Gasteiger partial charge on any atom is 0.164 e. The average Bonchev–Trinajstić information content (AvgIpc) is 3.58. The first-order valence-corrected chi connectivity index (χ1v) is 17.1. The van der Waals surface area contributed by atoms with Crippen molar-refractivity contribution < 1.29 is 4.42 Å². The van der Waals surface area contributed by atoms with E-state index in [0.717, 1.165) is 66.1 Å². The number of rotatable bonds is 5. The lowest BCUT2D eigenvalue weighted by Gasteiger charge is -2.13. The molecule has 238 valence electrons. The second-order valence-corrected chi connectivity index (χ2v) is 12.8. The van der Waals surface area contributed by atoms with E-state index in [2.05, 4.69) is 115 Å². The molecule has 0 radical (unpaired) electrons. The standard InChI is InChI=1S/C47H29N3O/c1-3-12-31(13-4-1)45-48-46(32-14-5-2-6-15-32)50-47(49-45)42-26-25-37(38-17-9-10-18-39(38)42)36-22-24-41-40-23-21-35(28-43(40)51-44(41)29-36)34-20-19-30-11-7-8-16-33(30)27-34/h1-29H. The van der Waals surface area contributed by atoms with E-state index in [1.807, 2.05) is 60.7 Å². The van der Waals surface area contributed by atoms with Gasteiger partial charge in [-0.1, -0.05) is 140 Å². The molecule has 10 rings (SSSR count). The predicted molar refractivity (Wildman–Crippen MR) is 209 cm³/mol. The molecule has 51 heavy (non-hydrogen) atoms. The molecule has 2 aromatic heterocycles. The fourth-order valence-corrected chi connectivity index (χ4v) is 7.17. The summed E-state index contributed by atoms with van der Waals surface area (Å²) in [7, 11) is 0. The topological polar surface area (TPSA) is 51.8 Å². The first kappa shape index (κ1) is 29.0. The van der Waals surface area contributed by atoms with Gasteiger partial charge in [-0.05, 0) is 80.2 Å². The third-order valence-electron chi connectivity index (χ3n) is 9.73. The molecule has 10 aromatic rings. The molecule has 0 saturated heterocycles. The van der Waals surface area contributed by atoms with Gasteiger partial charge in [-0.25, -0.2) is 15.0 Å². The zero-order valence-corrected chi connectivity index (χ0v) is 27.5. The molecule has 0 aliphatic heterocycles. The third-order valence-corrected chi connectivity index (χ3v) is 9.73. The number of nitrogens with zero attached hydrogens (tertiary/aromatic N) is 3. The van der Waals surface area contributed by atoms with Crippen molar-refractivity contribution in [3.63, 3.8) is 0 Å². The largest absolute Gasteiger partial charge is 0.456 e. The van der Waals surface area contributed by atoms with Crippen molar-refractivity contribution >= 4 is 43.5 Å². The summed E-state index contributed by atoms with van der Waals surface area (Å²) in [6.07, 6.45) is 0. The monoisotopic (exact) mass is 651 g/mol. The molecule has 0 unspecified atom stereocenters. The lowest BCUT2D eigenvalue weighted by Crippen LogP contribution is -2.00. The quantitative estimate of drug-likeness (QED) is 0.186. The molecule has 0 saturated carbocycles. The molecule has 0 bridgehead atoms. The van der Waals surface area contributed by atoms with E-state index in [1.54, 1.807) is 0 Å². The number of benzene rings is 8. The molecule has 0 N–H and O–H groups in total. The number of hydrogen-bond donors (Lipinski definition) is 0. The van der Waals surface area contributed by atoms with Crippen LogP contribution in [0.4, 0.5) is 0 Å². The molecule has 0 atom stereocenters. The second-order valence-electron chi connectivity index (χ2n) is 12.8. The van der Waals surface area contributed by atoms with Crippen molar-refractivity contribution in [3.05, 3.63) is 176 Å². The van der Waals surface area contributed by atoms with Crippen LogP contribution >= 0.6 is 0 Å². The lowest BCUT2D eigenvalue weighted by atomic mass is 9.94. The Balaban J connectivity index is 1.08. The van der Waals surface area contributed by atoms with Crippen LogP contribution in [0.25, 0.3) is 99.9 Å². The lowest BCUT2D eigenvalue weighted by molar-refractivity contribution is 0.669. The summed E-state index contributed by atoms with van der Waals surface area (Å²) >= 11 is 0. The van der Waals surface area contributed by atoms with Crippen molar-refractivity contribution in [3.8, 4) is 56.4 Å². The highest BCUT2D eigenvalue weighted by atomic mass is 16.3. The van der Waals surface area contributed by atoms with Crippen LogP contribution in [0.15, 0.2) is 180 Å². The second kappa shape index (κ2) is 11.9. The van der Waals surface area contributed by atoms with Gasteiger partial charge in [0.05, 0.1) is 0 Å².